The molecule has 1 aromatic carbocycles. The lowest BCUT2D eigenvalue weighted by molar-refractivity contribution is 0.0995. The molecule has 0 fully saturated rings. The maximum absolute atomic E-state index is 11.1. The smallest absolute Gasteiger partial charge is 0.268 e. The van der Waals surface area contributed by atoms with Crippen molar-refractivity contribution in [1.29, 1.82) is 0 Å². The Morgan fingerprint density at radius 1 is 1.39 bits per heavy atom. The predicted octanol–water partition coefficient (Wildman–Crippen LogP) is 1.70. The van der Waals surface area contributed by atoms with Crippen LogP contribution in [0.1, 0.15) is 21.6 Å². The van der Waals surface area contributed by atoms with Gasteiger partial charge in [-0.15, -0.1) is 0 Å². The number of hydrogen-bond donors (Lipinski definition) is 2. The van der Waals surface area contributed by atoms with Crippen LogP contribution in [0.15, 0.2) is 30.6 Å². The summed E-state index contributed by atoms with van der Waals surface area (Å²) < 4.78 is 0. The number of amides is 1. The van der Waals surface area contributed by atoms with Crippen molar-refractivity contribution < 1.29 is 4.79 Å². The molecule has 3 N–H and O–H groups in total. The predicted molar refractivity (Wildman–Crippen MR) is 89.5 cm³/mol. The van der Waals surface area contributed by atoms with Crippen LogP contribution in [0.4, 0.5) is 5.82 Å². The van der Waals surface area contributed by atoms with Gasteiger partial charge in [0.2, 0.25) is 0 Å². The van der Waals surface area contributed by atoms with Crippen LogP contribution in [0.2, 0.25) is 5.02 Å². The Morgan fingerprint density at radius 2 is 2.26 bits per heavy atom. The normalized spacial score (nSPS) is 14.3. The van der Waals surface area contributed by atoms with Crippen molar-refractivity contribution in [1.82, 2.24) is 14.9 Å². The molecule has 0 radical (unpaired) electrons. The number of aromatic nitrogens is 2. The number of nitrogens with zero attached hydrogens (tertiary/aromatic N) is 3. The van der Waals surface area contributed by atoms with Crippen molar-refractivity contribution >= 4 is 23.3 Å². The number of carbonyl (C=O) groups is 1. The molecule has 1 aromatic heterocycles. The van der Waals surface area contributed by atoms with Gasteiger partial charge in [0.1, 0.15) is 11.5 Å². The van der Waals surface area contributed by atoms with E-state index in [0.717, 1.165) is 31.1 Å². The van der Waals surface area contributed by atoms with Crippen molar-refractivity contribution in [2.75, 3.05) is 25.0 Å². The van der Waals surface area contributed by atoms with Crippen LogP contribution < -0.4 is 11.1 Å². The third-order valence-electron chi connectivity index (χ3n) is 3.91. The highest BCUT2D eigenvalue weighted by Crippen LogP contribution is 2.25. The number of nitrogens with two attached hydrogens (primary N) is 1. The van der Waals surface area contributed by atoms with Crippen LogP contribution in [0.5, 0.6) is 0 Å². The minimum absolute atomic E-state index is 0.163. The van der Waals surface area contributed by atoms with Crippen molar-refractivity contribution in [3.8, 4) is 0 Å². The molecule has 2 aromatic rings. The Balaban J connectivity index is 1.54. The summed E-state index contributed by atoms with van der Waals surface area (Å²) in [5.41, 5.74) is 7.91. The molecule has 1 amide bonds. The minimum atomic E-state index is -0.578. The average Bonchev–Trinajstić information content (AvgIpc) is 2.55. The van der Waals surface area contributed by atoms with E-state index < -0.39 is 5.91 Å². The number of primary amides is 1. The van der Waals surface area contributed by atoms with E-state index in [4.69, 9.17) is 17.3 Å². The number of fused-ring (bicyclic) bond motifs is 1. The van der Waals surface area contributed by atoms with E-state index in [2.05, 4.69) is 26.3 Å². The molecule has 1 aliphatic rings. The first-order valence-corrected chi connectivity index (χ1v) is 7.85. The fourth-order valence-corrected chi connectivity index (χ4v) is 3.01. The molecular formula is C16H18ClN5O. The average molecular weight is 332 g/mol. The van der Waals surface area contributed by atoms with Crippen LogP contribution >= 0.6 is 11.6 Å². The molecule has 0 saturated carbocycles. The second-order valence-electron chi connectivity index (χ2n) is 5.48. The monoisotopic (exact) mass is 331 g/mol. The zero-order valence-corrected chi connectivity index (χ0v) is 13.4. The number of benzene rings is 1. The van der Waals surface area contributed by atoms with Gasteiger partial charge in [0, 0.05) is 31.2 Å². The van der Waals surface area contributed by atoms with E-state index in [1.54, 1.807) is 6.20 Å². The van der Waals surface area contributed by atoms with E-state index in [0.29, 0.717) is 12.4 Å². The molecule has 0 spiro atoms. The van der Waals surface area contributed by atoms with Crippen molar-refractivity contribution in [2.24, 2.45) is 5.73 Å². The standard InChI is InChI=1S/C16H18ClN5O/c17-13-3-1-2-11-10-22(6-4-12(11)13)7-5-20-15-9-19-8-14(21-15)16(18)23/h1-3,8-9H,4-7,10H2,(H2,18,23)(H,20,21). The van der Waals surface area contributed by atoms with Crippen LogP contribution in [-0.4, -0.2) is 40.4 Å². The molecule has 3 rings (SSSR count). The second kappa shape index (κ2) is 6.93. The Morgan fingerprint density at radius 3 is 3.09 bits per heavy atom. The maximum atomic E-state index is 11.1. The number of halogens is 1. The zero-order chi connectivity index (χ0) is 16.2. The van der Waals surface area contributed by atoms with E-state index in [1.165, 1.54) is 17.3 Å². The number of anilines is 1. The van der Waals surface area contributed by atoms with Crippen molar-refractivity contribution in [2.45, 2.75) is 13.0 Å². The fraction of sp³-hybridized carbons (Fsp3) is 0.312. The van der Waals surface area contributed by atoms with E-state index in [9.17, 15) is 4.79 Å². The topological polar surface area (TPSA) is 84.1 Å². The van der Waals surface area contributed by atoms with Crippen LogP contribution in [-0.2, 0) is 13.0 Å². The quantitative estimate of drug-likeness (QED) is 0.871. The number of hydrogen-bond acceptors (Lipinski definition) is 5. The first kappa shape index (κ1) is 15.7. The fourth-order valence-electron chi connectivity index (χ4n) is 2.72. The lowest BCUT2D eigenvalue weighted by atomic mass is 10.00. The summed E-state index contributed by atoms with van der Waals surface area (Å²) in [6.45, 7) is 3.46. The first-order valence-electron chi connectivity index (χ1n) is 7.48. The first-order chi connectivity index (χ1) is 11.1. The highest BCUT2D eigenvalue weighted by molar-refractivity contribution is 6.31. The van der Waals surface area contributed by atoms with Gasteiger partial charge >= 0.3 is 0 Å². The van der Waals surface area contributed by atoms with Gasteiger partial charge in [-0.05, 0) is 23.6 Å². The summed E-state index contributed by atoms with van der Waals surface area (Å²) in [5.74, 6) is -0.0209. The lowest BCUT2D eigenvalue weighted by Gasteiger charge is -2.29. The van der Waals surface area contributed by atoms with E-state index in [-0.39, 0.29) is 5.69 Å². The minimum Gasteiger partial charge on any atom is -0.367 e. The molecule has 0 unspecified atom stereocenters. The summed E-state index contributed by atoms with van der Waals surface area (Å²) >= 11 is 6.23. The summed E-state index contributed by atoms with van der Waals surface area (Å²) in [6, 6.07) is 6.07. The molecule has 0 saturated heterocycles. The molecule has 6 nitrogen and oxygen atoms in total. The summed E-state index contributed by atoms with van der Waals surface area (Å²) in [6.07, 6.45) is 3.91. The number of rotatable bonds is 5. The van der Waals surface area contributed by atoms with Gasteiger partial charge in [0.15, 0.2) is 0 Å². The summed E-state index contributed by atoms with van der Waals surface area (Å²) in [5, 5.41) is 4.03. The molecule has 23 heavy (non-hydrogen) atoms. The third kappa shape index (κ3) is 3.78. The molecule has 7 heteroatoms. The Labute approximate surface area is 139 Å². The molecule has 0 bridgehead atoms. The molecule has 0 aliphatic carbocycles. The highest BCUT2D eigenvalue weighted by Gasteiger charge is 2.17. The van der Waals surface area contributed by atoms with E-state index >= 15 is 0 Å². The molecular weight excluding hydrogens is 314 g/mol. The molecule has 0 atom stereocenters. The van der Waals surface area contributed by atoms with Gasteiger partial charge in [0.25, 0.3) is 5.91 Å². The number of carbonyl (C=O) groups excluding carboxylic acids is 1. The summed E-state index contributed by atoms with van der Waals surface area (Å²) in [4.78, 5) is 21.5. The van der Waals surface area contributed by atoms with Gasteiger partial charge in [-0.1, -0.05) is 23.7 Å². The van der Waals surface area contributed by atoms with Gasteiger partial charge in [-0.25, -0.2) is 4.98 Å². The summed E-state index contributed by atoms with van der Waals surface area (Å²) in [7, 11) is 0. The number of nitrogens with one attached hydrogen (secondary N) is 1. The SMILES string of the molecule is NC(=O)c1cncc(NCCN2CCc3c(Cl)cccc3C2)n1. The van der Waals surface area contributed by atoms with E-state index in [1.807, 2.05) is 12.1 Å². The zero-order valence-electron chi connectivity index (χ0n) is 12.6. The van der Waals surface area contributed by atoms with Gasteiger partial charge in [0.05, 0.1) is 12.4 Å². The van der Waals surface area contributed by atoms with Crippen molar-refractivity contribution in [3.05, 3.63) is 52.4 Å². The molecule has 120 valence electrons. The van der Waals surface area contributed by atoms with Crippen LogP contribution in [0.25, 0.3) is 0 Å². The second-order valence-corrected chi connectivity index (χ2v) is 5.89. The Bertz CT molecular complexity index is 721. The van der Waals surface area contributed by atoms with Gasteiger partial charge in [-0.2, -0.15) is 0 Å². The van der Waals surface area contributed by atoms with Crippen LogP contribution in [0, 0.1) is 0 Å². The lowest BCUT2D eigenvalue weighted by Crippen LogP contribution is -2.34. The molecule has 1 aliphatic heterocycles. The maximum Gasteiger partial charge on any atom is 0.268 e. The van der Waals surface area contributed by atoms with Crippen molar-refractivity contribution in [3.63, 3.8) is 0 Å². The highest BCUT2D eigenvalue weighted by atomic mass is 35.5. The Hall–Kier alpha value is -2.18. The van der Waals surface area contributed by atoms with Crippen LogP contribution in [0.3, 0.4) is 0 Å². The third-order valence-corrected chi connectivity index (χ3v) is 4.26. The van der Waals surface area contributed by atoms with Gasteiger partial charge in [-0.3, -0.25) is 14.7 Å². The Kier molecular flexibility index (Phi) is 4.73. The largest absolute Gasteiger partial charge is 0.367 e. The molecule has 2 heterocycles. The van der Waals surface area contributed by atoms with Gasteiger partial charge < -0.3 is 11.1 Å².